The molecule has 0 saturated carbocycles. The van der Waals surface area contributed by atoms with E-state index in [0.29, 0.717) is 5.56 Å². The first-order valence-corrected chi connectivity index (χ1v) is 6.00. The smallest absolute Gasteiger partial charge is 0.169 e. The monoisotopic (exact) mass is 256 g/mol. The molecule has 1 rings (SSSR count). The highest BCUT2D eigenvalue weighted by molar-refractivity contribution is 5.33. The van der Waals surface area contributed by atoms with Crippen LogP contribution in [-0.4, -0.2) is 20.3 Å². The van der Waals surface area contributed by atoms with Gasteiger partial charge in [-0.1, -0.05) is 25.5 Å². The molecule has 18 heavy (non-hydrogen) atoms. The second-order valence-electron chi connectivity index (χ2n) is 4.07. The zero-order valence-corrected chi connectivity index (χ0v) is 11.1. The molecule has 1 aromatic rings. The van der Waals surface area contributed by atoms with Crippen molar-refractivity contribution in [1.82, 2.24) is 5.43 Å². The van der Waals surface area contributed by atoms with Gasteiger partial charge in [-0.05, 0) is 12.5 Å². The Kier molecular flexibility index (Phi) is 6.04. The van der Waals surface area contributed by atoms with Gasteiger partial charge in [-0.2, -0.15) is 0 Å². The van der Waals surface area contributed by atoms with E-state index < -0.39 is 11.9 Å². The fourth-order valence-electron chi connectivity index (χ4n) is 2.03. The summed E-state index contributed by atoms with van der Waals surface area (Å²) in [5, 5.41) is 0. The zero-order chi connectivity index (χ0) is 13.5. The highest BCUT2D eigenvalue weighted by Gasteiger charge is 2.25. The van der Waals surface area contributed by atoms with Gasteiger partial charge in [0.15, 0.2) is 11.6 Å². The predicted octanol–water partition coefficient (Wildman–Crippen LogP) is 2.15. The molecule has 0 bridgehead atoms. The number of rotatable bonds is 7. The lowest BCUT2D eigenvalue weighted by atomic mass is 9.98. The summed E-state index contributed by atoms with van der Waals surface area (Å²) in [6.07, 6.45) is 1.55. The van der Waals surface area contributed by atoms with Crippen molar-refractivity contribution in [1.29, 1.82) is 0 Å². The summed E-state index contributed by atoms with van der Waals surface area (Å²) in [6, 6.07) is 4.60. The van der Waals surface area contributed by atoms with Crippen LogP contribution in [0.3, 0.4) is 0 Å². The average Bonchev–Trinajstić information content (AvgIpc) is 2.40. The third-order valence-corrected chi connectivity index (χ3v) is 2.98. The van der Waals surface area contributed by atoms with E-state index in [-0.39, 0.29) is 11.9 Å². The Morgan fingerprint density at radius 2 is 2.11 bits per heavy atom. The molecular formula is C13H21FN2O2. The van der Waals surface area contributed by atoms with Crippen LogP contribution in [0.15, 0.2) is 18.2 Å². The third-order valence-electron chi connectivity index (χ3n) is 2.98. The van der Waals surface area contributed by atoms with Crippen LogP contribution in [0.4, 0.5) is 4.39 Å². The second-order valence-corrected chi connectivity index (χ2v) is 4.07. The van der Waals surface area contributed by atoms with Gasteiger partial charge in [-0.3, -0.25) is 11.3 Å². The molecular weight excluding hydrogens is 235 g/mol. The largest absolute Gasteiger partial charge is 0.494 e. The Bertz CT molecular complexity index is 374. The van der Waals surface area contributed by atoms with E-state index in [1.54, 1.807) is 25.3 Å². The summed E-state index contributed by atoms with van der Waals surface area (Å²) < 4.78 is 24.5. The van der Waals surface area contributed by atoms with Gasteiger partial charge in [0.2, 0.25) is 0 Å². The predicted molar refractivity (Wildman–Crippen MR) is 68.7 cm³/mol. The first-order chi connectivity index (χ1) is 8.69. The van der Waals surface area contributed by atoms with Crippen LogP contribution in [0, 0.1) is 5.82 Å². The van der Waals surface area contributed by atoms with E-state index in [1.807, 2.05) is 6.92 Å². The van der Waals surface area contributed by atoms with Crippen molar-refractivity contribution >= 4 is 0 Å². The van der Waals surface area contributed by atoms with E-state index in [4.69, 9.17) is 15.3 Å². The van der Waals surface area contributed by atoms with Gasteiger partial charge >= 0.3 is 0 Å². The van der Waals surface area contributed by atoms with Crippen LogP contribution < -0.4 is 16.0 Å². The molecule has 0 aromatic heterocycles. The summed E-state index contributed by atoms with van der Waals surface area (Å²) in [7, 11) is 3.04. The summed E-state index contributed by atoms with van der Waals surface area (Å²) in [5.41, 5.74) is 3.08. The molecule has 0 fully saturated rings. The van der Waals surface area contributed by atoms with Gasteiger partial charge < -0.3 is 9.47 Å². The van der Waals surface area contributed by atoms with E-state index in [0.717, 1.165) is 12.8 Å². The summed E-state index contributed by atoms with van der Waals surface area (Å²) in [5.74, 6) is 5.34. The Balaban J connectivity index is 3.07. The van der Waals surface area contributed by atoms with Crippen molar-refractivity contribution < 1.29 is 13.9 Å². The first kappa shape index (κ1) is 14.9. The van der Waals surface area contributed by atoms with Gasteiger partial charge in [0.1, 0.15) is 0 Å². The van der Waals surface area contributed by atoms with Gasteiger partial charge in [-0.25, -0.2) is 4.39 Å². The van der Waals surface area contributed by atoms with Crippen molar-refractivity contribution in [2.75, 3.05) is 14.2 Å². The molecule has 0 amide bonds. The third kappa shape index (κ3) is 3.19. The topological polar surface area (TPSA) is 56.5 Å². The van der Waals surface area contributed by atoms with Gasteiger partial charge in [0.25, 0.3) is 0 Å². The van der Waals surface area contributed by atoms with E-state index in [9.17, 15) is 4.39 Å². The Hall–Kier alpha value is -1.17. The Morgan fingerprint density at radius 3 is 2.61 bits per heavy atom. The number of nitrogens with two attached hydrogens (primary N) is 1. The minimum Gasteiger partial charge on any atom is -0.494 e. The molecule has 0 saturated heterocycles. The van der Waals surface area contributed by atoms with E-state index >= 15 is 0 Å². The molecule has 102 valence electrons. The number of benzene rings is 1. The molecule has 2 atom stereocenters. The normalized spacial score (nSPS) is 14.3. The SMILES string of the molecule is CCCC(OC)C(NN)c1cccc(OC)c1F. The van der Waals surface area contributed by atoms with Crippen LogP contribution in [0.5, 0.6) is 5.75 Å². The number of nitrogens with one attached hydrogen (secondary N) is 1. The lowest BCUT2D eigenvalue weighted by molar-refractivity contribution is 0.0593. The molecule has 0 spiro atoms. The number of hydrazine groups is 1. The van der Waals surface area contributed by atoms with Crippen LogP contribution in [-0.2, 0) is 4.74 Å². The van der Waals surface area contributed by atoms with Gasteiger partial charge in [0.05, 0.1) is 19.3 Å². The van der Waals surface area contributed by atoms with Gasteiger partial charge in [-0.15, -0.1) is 0 Å². The van der Waals surface area contributed by atoms with Crippen molar-refractivity contribution in [3.8, 4) is 5.75 Å². The molecule has 0 aliphatic carbocycles. The highest BCUT2D eigenvalue weighted by Crippen LogP contribution is 2.28. The molecule has 1 aromatic carbocycles. The highest BCUT2D eigenvalue weighted by atomic mass is 19.1. The Labute approximate surface area is 107 Å². The first-order valence-electron chi connectivity index (χ1n) is 6.00. The van der Waals surface area contributed by atoms with Crippen molar-refractivity contribution in [2.45, 2.75) is 31.9 Å². The van der Waals surface area contributed by atoms with Crippen LogP contribution in [0.2, 0.25) is 0 Å². The molecule has 4 nitrogen and oxygen atoms in total. The molecule has 5 heteroatoms. The maximum absolute atomic E-state index is 14.2. The molecule has 0 aliphatic rings. The van der Waals surface area contributed by atoms with Gasteiger partial charge in [0, 0.05) is 12.7 Å². The average molecular weight is 256 g/mol. The van der Waals surface area contributed by atoms with Crippen LogP contribution >= 0.6 is 0 Å². The molecule has 2 unspecified atom stereocenters. The Morgan fingerprint density at radius 1 is 1.39 bits per heavy atom. The minimum absolute atomic E-state index is 0.179. The second kappa shape index (κ2) is 7.31. The molecule has 0 radical (unpaired) electrons. The van der Waals surface area contributed by atoms with Crippen molar-refractivity contribution in [3.63, 3.8) is 0 Å². The van der Waals surface area contributed by atoms with Crippen molar-refractivity contribution in [3.05, 3.63) is 29.6 Å². The molecule has 3 N–H and O–H groups in total. The summed E-state index contributed by atoms with van der Waals surface area (Å²) in [4.78, 5) is 0. The minimum atomic E-state index is -0.402. The maximum Gasteiger partial charge on any atom is 0.169 e. The number of halogens is 1. The standard InChI is InChI=1S/C13H21FN2O2/c1-4-6-11(18-3)13(16-15)9-7-5-8-10(17-2)12(9)14/h5,7-8,11,13,16H,4,6,15H2,1-3H3. The fraction of sp³-hybridized carbons (Fsp3) is 0.538. The maximum atomic E-state index is 14.2. The lowest BCUT2D eigenvalue weighted by Gasteiger charge is -2.26. The molecule has 0 heterocycles. The quantitative estimate of drug-likeness (QED) is 0.580. The fourth-order valence-corrected chi connectivity index (χ4v) is 2.03. The zero-order valence-electron chi connectivity index (χ0n) is 11.1. The lowest BCUT2D eigenvalue weighted by Crippen LogP contribution is -2.38. The van der Waals surface area contributed by atoms with Crippen LogP contribution in [0.1, 0.15) is 31.4 Å². The molecule has 0 aliphatic heterocycles. The van der Waals surface area contributed by atoms with E-state index in [2.05, 4.69) is 5.43 Å². The summed E-state index contributed by atoms with van der Waals surface area (Å²) in [6.45, 7) is 2.04. The number of methoxy groups -OCH3 is 2. The summed E-state index contributed by atoms with van der Waals surface area (Å²) >= 11 is 0. The number of hydrogen-bond donors (Lipinski definition) is 2. The van der Waals surface area contributed by atoms with E-state index in [1.165, 1.54) is 7.11 Å². The number of hydrogen-bond acceptors (Lipinski definition) is 4. The number of ether oxygens (including phenoxy) is 2. The van der Waals surface area contributed by atoms with Crippen LogP contribution in [0.25, 0.3) is 0 Å². The van der Waals surface area contributed by atoms with Crippen molar-refractivity contribution in [2.24, 2.45) is 5.84 Å².